The molecule has 0 bridgehead atoms. The van der Waals surface area contributed by atoms with Crippen molar-refractivity contribution in [2.45, 2.75) is 32.2 Å². The van der Waals surface area contributed by atoms with E-state index in [2.05, 4.69) is 0 Å². The topological polar surface area (TPSA) is 83.5 Å². The van der Waals surface area contributed by atoms with Crippen molar-refractivity contribution >= 4 is 5.97 Å². The van der Waals surface area contributed by atoms with Gasteiger partial charge < -0.3 is 15.9 Å². The summed E-state index contributed by atoms with van der Waals surface area (Å²) in [6, 6.07) is 4.08. The molecule has 0 saturated heterocycles. The summed E-state index contributed by atoms with van der Waals surface area (Å²) in [5.41, 5.74) is 7.36. The summed E-state index contributed by atoms with van der Waals surface area (Å²) >= 11 is 0. The third-order valence-corrected chi connectivity index (χ3v) is 2.47. The lowest BCUT2D eigenvalue weighted by Crippen LogP contribution is -2.32. The molecule has 0 aliphatic carbocycles. The number of benzene rings is 1. The van der Waals surface area contributed by atoms with E-state index in [0.29, 0.717) is 6.42 Å². The maximum absolute atomic E-state index is 10.7. The predicted molar refractivity (Wildman–Crippen MR) is 61.4 cm³/mol. The van der Waals surface area contributed by atoms with Gasteiger partial charge in [-0.1, -0.05) is 19.4 Å². The molecule has 0 aromatic heterocycles. The van der Waals surface area contributed by atoms with E-state index in [9.17, 15) is 9.90 Å². The smallest absolute Gasteiger partial charge is 0.320 e. The number of phenolic OH excluding ortho intramolecular Hbond substituents is 1. The maximum atomic E-state index is 10.7. The van der Waals surface area contributed by atoms with E-state index in [0.717, 1.165) is 24.0 Å². The van der Waals surface area contributed by atoms with Gasteiger partial charge in [0, 0.05) is 0 Å². The maximum Gasteiger partial charge on any atom is 0.320 e. The Kier molecular flexibility index (Phi) is 4.31. The third kappa shape index (κ3) is 3.24. The minimum absolute atomic E-state index is 0.205. The molecule has 0 aliphatic heterocycles. The van der Waals surface area contributed by atoms with Crippen LogP contribution in [-0.2, 0) is 17.6 Å². The van der Waals surface area contributed by atoms with Crippen LogP contribution in [0.2, 0.25) is 0 Å². The molecule has 0 heterocycles. The lowest BCUT2D eigenvalue weighted by atomic mass is 9.97. The van der Waals surface area contributed by atoms with Crippen LogP contribution >= 0.6 is 0 Å². The Labute approximate surface area is 94.7 Å². The van der Waals surface area contributed by atoms with Gasteiger partial charge >= 0.3 is 5.97 Å². The number of carboxylic acids is 1. The van der Waals surface area contributed by atoms with Gasteiger partial charge in [-0.05, 0) is 36.1 Å². The summed E-state index contributed by atoms with van der Waals surface area (Å²) in [6.07, 6.45) is 2.06. The number of phenols is 1. The molecule has 0 spiro atoms. The second-order valence-electron chi connectivity index (χ2n) is 3.85. The average Bonchev–Trinajstić information content (AvgIpc) is 2.22. The standard InChI is InChI=1S/C12H17NO3/c1-2-3-8-6-10(14)5-4-9(8)7-11(13)12(15)16/h4-6,11,14H,2-3,7,13H2,1H3,(H,15,16)/t11-/m0/s1. The van der Waals surface area contributed by atoms with Crippen LogP contribution < -0.4 is 5.73 Å². The number of nitrogens with two attached hydrogens (primary N) is 1. The van der Waals surface area contributed by atoms with Gasteiger partial charge in [0.05, 0.1) is 0 Å². The Balaban J connectivity index is 2.89. The molecule has 1 aromatic rings. The summed E-state index contributed by atoms with van der Waals surface area (Å²) in [5, 5.41) is 18.1. The molecule has 0 fully saturated rings. The van der Waals surface area contributed by atoms with Crippen LogP contribution in [0, 0.1) is 0 Å². The van der Waals surface area contributed by atoms with E-state index in [1.54, 1.807) is 18.2 Å². The van der Waals surface area contributed by atoms with Crippen molar-refractivity contribution in [1.82, 2.24) is 0 Å². The highest BCUT2D eigenvalue weighted by molar-refractivity contribution is 5.73. The first kappa shape index (κ1) is 12.5. The first-order valence-electron chi connectivity index (χ1n) is 5.33. The van der Waals surface area contributed by atoms with Crippen molar-refractivity contribution in [1.29, 1.82) is 0 Å². The van der Waals surface area contributed by atoms with Crippen LogP contribution in [0.15, 0.2) is 18.2 Å². The van der Waals surface area contributed by atoms with E-state index in [1.807, 2.05) is 6.92 Å². The SMILES string of the molecule is CCCc1cc(O)ccc1C[C@H](N)C(=O)O. The molecule has 4 N–H and O–H groups in total. The van der Waals surface area contributed by atoms with E-state index in [1.165, 1.54) is 0 Å². The van der Waals surface area contributed by atoms with E-state index in [-0.39, 0.29) is 5.75 Å². The molecule has 0 amide bonds. The number of carboxylic acid groups (broad SMARTS) is 1. The fraction of sp³-hybridized carbons (Fsp3) is 0.417. The zero-order valence-corrected chi connectivity index (χ0v) is 9.31. The minimum Gasteiger partial charge on any atom is -0.508 e. The fourth-order valence-corrected chi connectivity index (χ4v) is 1.64. The molecule has 4 nitrogen and oxygen atoms in total. The van der Waals surface area contributed by atoms with Crippen LogP contribution in [0.1, 0.15) is 24.5 Å². The zero-order valence-electron chi connectivity index (χ0n) is 9.31. The molecule has 16 heavy (non-hydrogen) atoms. The number of aryl methyl sites for hydroxylation is 1. The van der Waals surface area contributed by atoms with Gasteiger partial charge in [-0.3, -0.25) is 4.79 Å². The largest absolute Gasteiger partial charge is 0.508 e. The number of rotatable bonds is 5. The van der Waals surface area contributed by atoms with Crippen molar-refractivity contribution in [3.63, 3.8) is 0 Å². The number of hydrogen-bond acceptors (Lipinski definition) is 3. The quantitative estimate of drug-likeness (QED) is 0.702. The van der Waals surface area contributed by atoms with Crippen molar-refractivity contribution in [2.24, 2.45) is 5.73 Å². The zero-order chi connectivity index (χ0) is 12.1. The molecule has 1 aromatic carbocycles. The Morgan fingerprint density at radius 3 is 2.69 bits per heavy atom. The summed E-state index contributed by atoms with van der Waals surface area (Å²) < 4.78 is 0. The number of hydrogen-bond donors (Lipinski definition) is 3. The molecule has 1 rings (SSSR count). The van der Waals surface area contributed by atoms with Crippen molar-refractivity contribution in [3.8, 4) is 5.75 Å². The van der Waals surface area contributed by atoms with Gasteiger partial charge in [0.15, 0.2) is 0 Å². The van der Waals surface area contributed by atoms with Crippen LogP contribution in [-0.4, -0.2) is 22.2 Å². The molecule has 0 unspecified atom stereocenters. The molecule has 0 radical (unpaired) electrons. The monoisotopic (exact) mass is 223 g/mol. The van der Waals surface area contributed by atoms with Crippen LogP contribution in [0.3, 0.4) is 0 Å². The number of carbonyl (C=O) groups is 1. The van der Waals surface area contributed by atoms with Crippen LogP contribution in [0.25, 0.3) is 0 Å². The summed E-state index contributed by atoms with van der Waals surface area (Å²) in [7, 11) is 0. The Morgan fingerprint density at radius 1 is 1.44 bits per heavy atom. The van der Waals surface area contributed by atoms with Crippen LogP contribution in [0.4, 0.5) is 0 Å². The molecule has 4 heteroatoms. The van der Waals surface area contributed by atoms with Crippen molar-refractivity contribution < 1.29 is 15.0 Å². The summed E-state index contributed by atoms with van der Waals surface area (Å²) in [5.74, 6) is -0.799. The van der Waals surface area contributed by atoms with Gasteiger partial charge in [0.25, 0.3) is 0 Å². The molecule has 0 saturated carbocycles. The van der Waals surface area contributed by atoms with E-state index >= 15 is 0 Å². The average molecular weight is 223 g/mol. The normalized spacial score (nSPS) is 12.4. The molecule has 0 aliphatic rings. The molecular formula is C12H17NO3. The second kappa shape index (κ2) is 5.51. The van der Waals surface area contributed by atoms with Crippen molar-refractivity contribution in [3.05, 3.63) is 29.3 Å². The predicted octanol–water partition coefficient (Wildman–Crippen LogP) is 1.30. The molecule has 88 valence electrons. The summed E-state index contributed by atoms with van der Waals surface area (Å²) in [6.45, 7) is 2.03. The van der Waals surface area contributed by atoms with Crippen molar-refractivity contribution in [2.75, 3.05) is 0 Å². The van der Waals surface area contributed by atoms with Gasteiger partial charge in [0.2, 0.25) is 0 Å². The van der Waals surface area contributed by atoms with E-state index in [4.69, 9.17) is 10.8 Å². The number of aromatic hydroxyl groups is 1. The van der Waals surface area contributed by atoms with Gasteiger partial charge in [-0.25, -0.2) is 0 Å². The highest BCUT2D eigenvalue weighted by Gasteiger charge is 2.14. The minimum atomic E-state index is -1.00. The summed E-state index contributed by atoms with van der Waals surface area (Å²) in [4.78, 5) is 10.7. The first-order valence-corrected chi connectivity index (χ1v) is 5.33. The Morgan fingerprint density at radius 2 is 2.12 bits per heavy atom. The second-order valence-corrected chi connectivity index (χ2v) is 3.85. The number of aliphatic carboxylic acids is 1. The molecular weight excluding hydrogens is 206 g/mol. The first-order chi connectivity index (χ1) is 7.54. The van der Waals surface area contributed by atoms with Gasteiger partial charge in [0.1, 0.15) is 11.8 Å². The highest BCUT2D eigenvalue weighted by atomic mass is 16.4. The van der Waals surface area contributed by atoms with Gasteiger partial charge in [-0.15, -0.1) is 0 Å². The Bertz CT molecular complexity index is 377. The third-order valence-electron chi connectivity index (χ3n) is 2.47. The van der Waals surface area contributed by atoms with Gasteiger partial charge in [-0.2, -0.15) is 0 Å². The lowest BCUT2D eigenvalue weighted by molar-refractivity contribution is -0.138. The lowest BCUT2D eigenvalue weighted by Gasteiger charge is -2.11. The fourth-order valence-electron chi connectivity index (χ4n) is 1.64. The van der Waals surface area contributed by atoms with E-state index < -0.39 is 12.0 Å². The molecule has 1 atom stereocenters. The van der Waals surface area contributed by atoms with Crippen LogP contribution in [0.5, 0.6) is 5.75 Å². The Hall–Kier alpha value is -1.55. The highest BCUT2D eigenvalue weighted by Crippen LogP contribution is 2.19.